The third-order valence-corrected chi connectivity index (χ3v) is 3.10. The quantitative estimate of drug-likeness (QED) is 0.900. The van der Waals surface area contributed by atoms with Gasteiger partial charge >= 0.3 is 0 Å². The van der Waals surface area contributed by atoms with Crippen LogP contribution >= 0.6 is 0 Å². The van der Waals surface area contributed by atoms with Crippen LogP contribution in [0.4, 0.5) is 4.39 Å². The highest BCUT2D eigenvalue weighted by molar-refractivity contribution is 5.55. The molecule has 1 aliphatic carbocycles. The van der Waals surface area contributed by atoms with E-state index in [1.54, 1.807) is 18.4 Å². The monoisotopic (exact) mass is 262 g/mol. The molecule has 5 heteroatoms. The molecule has 1 saturated carbocycles. The van der Waals surface area contributed by atoms with Crippen molar-refractivity contribution in [3.05, 3.63) is 36.0 Å². The smallest absolute Gasteiger partial charge is 0.226 e. The summed E-state index contributed by atoms with van der Waals surface area (Å²) in [5.74, 6) is 0.218. The van der Waals surface area contributed by atoms with Crippen molar-refractivity contribution >= 4 is 0 Å². The van der Waals surface area contributed by atoms with E-state index in [4.69, 9.17) is 9.15 Å². The molecule has 0 unspecified atom stereocenters. The molecule has 0 saturated heterocycles. The summed E-state index contributed by atoms with van der Waals surface area (Å²) in [4.78, 5) is 4.34. The molecular formula is C14H15FN2O2. The van der Waals surface area contributed by atoms with Crippen molar-refractivity contribution in [2.45, 2.75) is 25.4 Å². The summed E-state index contributed by atoms with van der Waals surface area (Å²) >= 11 is 0. The molecule has 0 spiro atoms. The number of oxazole rings is 1. The average molecular weight is 262 g/mol. The lowest BCUT2D eigenvalue weighted by molar-refractivity contribution is 0.386. The van der Waals surface area contributed by atoms with Crippen LogP contribution in [-0.4, -0.2) is 18.1 Å². The van der Waals surface area contributed by atoms with Crippen LogP contribution in [-0.2, 0) is 6.54 Å². The molecule has 0 bridgehead atoms. The fourth-order valence-electron chi connectivity index (χ4n) is 1.86. The first-order valence-corrected chi connectivity index (χ1v) is 6.28. The summed E-state index contributed by atoms with van der Waals surface area (Å²) in [5.41, 5.74) is 1.44. The fraction of sp³-hybridized carbons (Fsp3) is 0.357. The van der Waals surface area contributed by atoms with E-state index in [0.717, 1.165) is 5.69 Å². The zero-order chi connectivity index (χ0) is 13.2. The second kappa shape index (κ2) is 5.01. The van der Waals surface area contributed by atoms with Gasteiger partial charge in [-0.1, -0.05) is 0 Å². The predicted octanol–water partition coefficient (Wildman–Crippen LogP) is 2.74. The van der Waals surface area contributed by atoms with Crippen LogP contribution in [0.1, 0.15) is 18.5 Å². The summed E-state index contributed by atoms with van der Waals surface area (Å²) in [6.45, 7) is 0.687. The van der Waals surface area contributed by atoms with Crippen LogP contribution in [0.2, 0.25) is 0 Å². The molecule has 0 atom stereocenters. The van der Waals surface area contributed by atoms with Crippen molar-refractivity contribution in [1.82, 2.24) is 10.3 Å². The molecule has 1 N–H and O–H groups in total. The lowest BCUT2D eigenvalue weighted by Gasteiger charge is -2.02. The SMILES string of the molecule is COc1ccc(-c2nc(CNC3CC3)co2)cc1F. The van der Waals surface area contributed by atoms with Gasteiger partial charge in [-0.15, -0.1) is 0 Å². The van der Waals surface area contributed by atoms with Gasteiger partial charge in [0, 0.05) is 18.2 Å². The molecule has 100 valence electrons. The van der Waals surface area contributed by atoms with Crippen molar-refractivity contribution in [3.8, 4) is 17.2 Å². The normalized spacial score (nSPS) is 14.6. The van der Waals surface area contributed by atoms with Gasteiger partial charge in [0.2, 0.25) is 5.89 Å². The topological polar surface area (TPSA) is 47.3 Å². The highest BCUT2D eigenvalue weighted by Gasteiger charge is 2.20. The predicted molar refractivity (Wildman–Crippen MR) is 68.3 cm³/mol. The summed E-state index contributed by atoms with van der Waals surface area (Å²) in [6, 6.07) is 5.28. The molecule has 1 aliphatic rings. The lowest BCUT2D eigenvalue weighted by Crippen LogP contribution is -2.15. The molecule has 4 nitrogen and oxygen atoms in total. The maximum atomic E-state index is 13.6. The molecule has 0 aliphatic heterocycles. The van der Waals surface area contributed by atoms with Crippen molar-refractivity contribution in [2.75, 3.05) is 7.11 Å². The van der Waals surface area contributed by atoms with Crippen LogP contribution in [0.3, 0.4) is 0 Å². The Morgan fingerprint density at radius 3 is 3.00 bits per heavy atom. The maximum Gasteiger partial charge on any atom is 0.226 e. The van der Waals surface area contributed by atoms with E-state index >= 15 is 0 Å². The Morgan fingerprint density at radius 1 is 1.47 bits per heavy atom. The largest absolute Gasteiger partial charge is 0.494 e. The van der Waals surface area contributed by atoms with Gasteiger partial charge in [0.15, 0.2) is 11.6 Å². The van der Waals surface area contributed by atoms with Crippen molar-refractivity contribution < 1.29 is 13.5 Å². The minimum Gasteiger partial charge on any atom is -0.494 e. The first kappa shape index (κ1) is 12.2. The Morgan fingerprint density at radius 2 is 2.32 bits per heavy atom. The minimum atomic E-state index is -0.421. The summed E-state index contributed by atoms with van der Waals surface area (Å²) in [7, 11) is 1.44. The van der Waals surface area contributed by atoms with Crippen LogP contribution in [0.5, 0.6) is 5.75 Å². The summed E-state index contributed by atoms with van der Waals surface area (Å²) in [6.07, 6.45) is 4.07. The lowest BCUT2D eigenvalue weighted by atomic mass is 10.2. The number of rotatable bonds is 5. The Balaban J connectivity index is 1.75. The molecule has 1 fully saturated rings. The van der Waals surface area contributed by atoms with E-state index < -0.39 is 5.82 Å². The van der Waals surface area contributed by atoms with E-state index in [1.807, 2.05) is 0 Å². The molecule has 1 aromatic carbocycles. The van der Waals surface area contributed by atoms with Crippen molar-refractivity contribution in [3.63, 3.8) is 0 Å². The number of nitrogens with one attached hydrogen (secondary N) is 1. The Bertz CT molecular complexity index is 579. The van der Waals surface area contributed by atoms with Gasteiger partial charge in [0.05, 0.1) is 12.8 Å². The van der Waals surface area contributed by atoms with Gasteiger partial charge in [0.25, 0.3) is 0 Å². The third kappa shape index (κ3) is 2.76. The van der Waals surface area contributed by atoms with Gasteiger partial charge in [-0.3, -0.25) is 0 Å². The van der Waals surface area contributed by atoms with Gasteiger partial charge in [-0.25, -0.2) is 9.37 Å². The Labute approximate surface area is 110 Å². The molecule has 3 rings (SSSR count). The van der Waals surface area contributed by atoms with Crippen molar-refractivity contribution in [2.24, 2.45) is 0 Å². The average Bonchev–Trinajstić information content (AvgIpc) is 3.13. The zero-order valence-electron chi connectivity index (χ0n) is 10.6. The number of aromatic nitrogens is 1. The third-order valence-electron chi connectivity index (χ3n) is 3.10. The Kier molecular flexibility index (Phi) is 3.21. The van der Waals surface area contributed by atoms with E-state index in [-0.39, 0.29) is 5.75 Å². The number of methoxy groups -OCH3 is 1. The molecule has 1 heterocycles. The van der Waals surface area contributed by atoms with E-state index in [2.05, 4.69) is 10.3 Å². The fourth-order valence-corrected chi connectivity index (χ4v) is 1.86. The van der Waals surface area contributed by atoms with Gasteiger partial charge in [0.1, 0.15) is 6.26 Å². The zero-order valence-corrected chi connectivity index (χ0v) is 10.6. The number of hydrogen-bond acceptors (Lipinski definition) is 4. The van der Waals surface area contributed by atoms with E-state index in [1.165, 1.54) is 26.0 Å². The molecule has 0 radical (unpaired) electrons. The molecule has 0 amide bonds. The van der Waals surface area contributed by atoms with Gasteiger partial charge in [-0.05, 0) is 31.0 Å². The van der Waals surface area contributed by atoms with Crippen molar-refractivity contribution in [1.29, 1.82) is 0 Å². The summed E-state index contributed by atoms with van der Waals surface area (Å²) in [5, 5.41) is 3.35. The maximum absolute atomic E-state index is 13.6. The van der Waals surface area contributed by atoms with E-state index in [9.17, 15) is 4.39 Å². The highest BCUT2D eigenvalue weighted by atomic mass is 19.1. The van der Waals surface area contributed by atoms with Gasteiger partial charge in [-0.2, -0.15) is 0 Å². The Hall–Kier alpha value is -1.88. The van der Waals surface area contributed by atoms with Crippen LogP contribution in [0.15, 0.2) is 28.9 Å². The van der Waals surface area contributed by atoms with Crippen LogP contribution < -0.4 is 10.1 Å². The standard InChI is InChI=1S/C14H15FN2O2/c1-18-13-5-2-9(6-12(13)15)14-17-11(8-19-14)7-16-10-3-4-10/h2,5-6,8,10,16H,3-4,7H2,1H3. The van der Waals surface area contributed by atoms with E-state index in [0.29, 0.717) is 24.0 Å². The molecule has 19 heavy (non-hydrogen) atoms. The number of nitrogens with zero attached hydrogens (tertiary/aromatic N) is 1. The molecule has 2 aromatic rings. The molecule has 1 aromatic heterocycles. The summed E-state index contributed by atoms with van der Waals surface area (Å²) < 4.78 is 23.8. The minimum absolute atomic E-state index is 0.214. The number of benzene rings is 1. The number of halogens is 1. The number of ether oxygens (including phenoxy) is 1. The van der Waals surface area contributed by atoms with Crippen LogP contribution in [0.25, 0.3) is 11.5 Å². The first-order valence-electron chi connectivity index (χ1n) is 6.28. The second-order valence-corrected chi connectivity index (χ2v) is 4.65. The van der Waals surface area contributed by atoms with Gasteiger partial charge < -0.3 is 14.5 Å². The first-order chi connectivity index (χ1) is 9.26. The molecular weight excluding hydrogens is 247 g/mol. The second-order valence-electron chi connectivity index (χ2n) is 4.65. The number of hydrogen-bond donors (Lipinski definition) is 1. The van der Waals surface area contributed by atoms with Crippen LogP contribution in [0, 0.1) is 5.82 Å². The highest BCUT2D eigenvalue weighted by Crippen LogP contribution is 2.25.